The van der Waals surface area contributed by atoms with E-state index < -0.39 is 0 Å². The lowest BCUT2D eigenvalue weighted by Crippen LogP contribution is -2.46. The summed E-state index contributed by atoms with van der Waals surface area (Å²) >= 11 is 2.13. The maximum absolute atomic E-state index is 5.73. The molecule has 3 nitrogen and oxygen atoms in total. The minimum absolute atomic E-state index is 0.337. The molecule has 0 aromatic carbocycles. The minimum Gasteiger partial charge on any atom is -0.381 e. The van der Waals surface area contributed by atoms with Crippen LogP contribution in [0, 0.1) is 5.41 Å². The van der Waals surface area contributed by atoms with E-state index in [9.17, 15) is 0 Å². The van der Waals surface area contributed by atoms with Crippen molar-refractivity contribution in [2.24, 2.45) is 5.41 Å². The first-order valence-electron chi connectivity index (χ1n) is 8.08. The summed E-state index contributed by atoms with van der Waals surface area (Å²) in [6, 6.07) is 0.561. The molecule has 2 aliphatic rings. The van der Waals surface area contributed by atoms with Crippen LogP contribution >= 0.6 is 11.8 Å². The van der Waals surface area contributed by atoms with Gasteiger partial charge in [0.05, 0.1) is 6.61 Å². The monoisotopic (exact) mass is 300 g/mol. The number of ether oxygens (including phenoxy) is 1. The number of nitrogens with zero attached hydrogens (tertiary/aromatic N) is 1. The summed E-state index contributed by atoms with van der Waals surface area (Å²) in [6.45, 7) is 15.9. The van der Waals surface area contributed by atoms with Crippen LogP contribution in [0.2, 0.25) is 0 Å². The molecule has 4 heteroatoms. The first-order chi connectivity index (χ1) is 9.41. The summed E-state index contributed by atoms with van der Waals surface area (Å²) in [5.41, 5.74) is 0.337. The van der Waals surface area contributed by atoms with Gasteiger partial charge in [0.1, 0.15) is 0 Å². The number of hydrogen-bond donors (Lipinski definition) is 1. The molecule has 0 aromatic heterocycles. The van der Waals surface area contributed by atoms with Gasteiger partial charge in [-0.1, -0.05) is 27.7 Å². The van der Waals surface area contributed by atoms with E-state index in [0.29, 0.717) is 16.2 Å². The number of nitrogens with one attached hydrogen (secondary N) is 1. The van der Waals surface area contributed by atoms with Crippen molar-refractivity contribution >= 4 is 11.8 Å². The van der Waals surface area contributed by atoms with E-state index in [0.717, 1.165) is 19.8 Å². The second kappa shape index (κ2) is 6.99. The van der Waals surface area contributed by atoms with Crippen LogP contribution in [0.15, 0.2) is 0 Å². The van der Waals surface area contributed by atoms with E-state index >= 15 is 0 Å². The standard InChI is InChI=1S/C16H32N2OS/c1-14(2)17-11-16(6-9-19-13-16)12-18-7-5-15(3,4)20-10-8-18/h14,17H,5-13H2,1-4H3. The molecule has 2 heterocycles. The molecule has 2 saturated heterocycles. The van der Waals surface area contributed by atoms with Gasteiger partial charge in [-0.15, -0.1) is 0 Å². The molecule has 1 unspecified atom stereocenters. The highest BCUT2D eigenvalue weighted by molar-refractivity contribution is 8.00. The van der Waals surface area contributed by atoms with Crippen molar-refractivity contribution in [1.29, 1.82) is 0 Å². The fraction of sp³-hybridized carbons (Fsp3) is 1.00. The molecule has 0 aromatic rings. The van der Waals surface area contributed by atoms with Gasteiger partial charge in [-0.05, 0) is 19.4 Å². The van der Waals surface area contributed by atoms with E-state index in [-0.39, 0.29) is 0 Å². The molecule has 118 valence electrons. The molecule has 2 aliphatic heterocycles. The Morgan fingerprint density at radius 1 is 1.25 bits per heavy atom. The number of thioether (sulfide) groups is 1. The molecule has 0 bridgehead atoms. The van der Waals surface area contributed by atoms with Gasteiger partial charge in [-0.2, -0.15) is 11.8 Å². The van der Waals surface area contributed by atoms with Gasteiger partial charge >= 0.3 is 0 Å². The molecular weight excluding hydrogens is 268 g/mol. The van der Waals surface area contributed by atoms with Gasteiger partial charge in [0.2, 0.25) is 0 Å². The molecule has 0 spiro atoms. The Labute approximate surface area is 129 Å². The summed E-state index contributed by atoms with van der Waals surface area (Å²) in [4.78, 5) is 2.68. The Morgan fingerprint density at radius 2 is 2.05 bits per heavy atom. The summed E-state index contributed by atoms with van der Waals surface area (Å²) < 4.78 is 6.18. The highest BCUT2D eigenvalue weighted by Gasteiger charge is 2.37. The van der Waals surface area contributed by atoms with Crippen molar-refractivity contribution < 1.29 is 4.74 Å². The van der Waals surface area contributed by atoms with Gasteiger partial charge in [-0.25, -0.2) is 0 Å². The lowest BCUT2D eigenvalue weighted by Gasteiger charge is -2.34. The number of hydrogen-bond acceptors (Lipinski definition) is 4. The third-order valence-electron chi connectivity index (χ3n) is 4.56. The van der Waals surface area contributed by atoms with E-state index in [1.54, 1.807) is 0 Å². The zero-order valence-electron chi connectivity index (χ0n) is 13.7. The van der Waals surface area contributed by atoms with Crippen molar-refractivity contribution in [1.82, 2.24) is 10.2 Å². The lowest BCUT2D eigenvalue weighted by atomic mass is 9.86. The average Bonchev–Trinajstić information content (AvgIpc) is 2.75. The molecule has 0 amide bonds. The third kappa shape index (κ3) is 4.90. The minimum atomic E-state index is 0.337. The average molecular weight is 301 g/mol. The molecule has 0 aliphatic carbocycles. The summed E-state index contributed by atoms with van der Waals surface area (Å²) in [7, 11) is 0. The van der Waals surface area contributed by atoms with Gasteiger partial charge < -0.3 is 15.0 Å². The highest BCUT2D eigenvalue weighted by atomic mass is 32.2. The van der Waals surface area contributed by atoms with Crippen LogP contribution < -0.4 is 5.32 Å². The highest BCUT2D eigenvalue weighted by Crippen LogP contribution is 2.34. The molecule has 2 rings (SSSR count). The summed E-state index contributed by atoms with van der Waals surface area (Å²) in [5, 5.41) is 3.64. The van der Waals surface area contributed by atoms with E-state index in [4.69, 9.17) is 4.74 Å². The molecule has 2 fully saturated rings. The van der Waals surface area contributed by atoms with E-state index in [1.807, 2.05) is 0 Å². The maximum Gasteiger partial charge on any atom is 0.0547 e. The number of rotatable bonds is 5. The molecule has 1 atom stereocenters. The van der Waals surface area contributed by atoms with Crippen LogP contribution in [-0.2, 0) is 4.74 Å². The van der Waals surface area contributed by atoms with Crippen LogP contribution in [0.25, 0.3) is 0 Å². The normalized spacial score (nSPS) is 31.6. The molecule has 0 radical (unpaired) electrons. The second-order valence-electron chi connectivity index (χ2n) is 7.47. The van der Waals surface area contributed by atoms with Gasteiger partial charge in [0.25, 0.3) is 0 Å². The zero-order valence-corrected chi connectivity index (χ0v) is 14.5. The molecule has 20 heavy (non-hydrogen) atoms. The maximum atomic E-state index is 5.73. The Morgan fingerprint density at radius 3 is 2.70 bits per heavy atom. The molecular formula is C16H32N2OS. The van der Waals surface area contributed by atoms with Crippen LogP contribution in [0.3, 0.4) is 0 Å². The lowest BCUT2D eigenvalue weighted by molar-refractivity contribution is 0.109. The van der Waals surface area contributed by atoms with Gasteiger partial charge in [0.15, 0.2) is 0 Å². The summed E-state index contributed by atoms with van der Waals surface area (Å²) in [6.07, 6.45) is 2.51. The first-order valence-corrected chi connectivity index (χ1v) is 9.07. The predicted octanol–water partition coefficient (Wildman–Crippen LogP) is 2.61. The van der Waals surface area contributed by atoms with Crippen molar-refractivity contribution in [3.63, 3.8) is 0 Å². The first kappa shape index (κ1) is 16.6. The van der Waals surface area contributed by atoms with Crippen LogP contribution in [0.5, 0.6) is 0 Å². The van der Waals surface area contributed by atoms with Crippen molar-refractivity contribution in [3.8, 4) is 0 Å². The SMILES string of the molecule is CC(C)NCC1(CN2CCSC(C)(C)CC2)CCOC1. The van der Waals surface area contributed by atoms with Crippen LogP contribution in [-0.4, -0.2) is 60.8 Å². The van der Waals surface area contributed by atoms with Crippen LogP contribution in [0.4, 0.5) is 0 Å². The fourth-order valence-corrected chi connectivity index (χ4v) is 4.22. The Balaban J connectivity index is 1.90. The smallest absolute Gasteiger partial charge is 0.0547 e. The molecule has 1 N–H and O–H groups in total. The van der Waals surface area contributed by atoms with Gasteiger partial charge in [-0.3, -0.25) is 0 Å². The second-order valence-corrected chi connectivity index (χ2v) is 9.27. The topological polar surface area (TPSA) is 24.5 Å². The third-order valence-corrected chi connectivity index (χ3v) is 5.93. The zero-order chi connectivity index (χ0) is 14.6. The van der Waals surface area contributed by atoms with Crippen molar-refractivity contribution in [2.75, 3.05) is 45.1 Å². The molecule has 0 saturated carbocycles. The Hall–Kier alpha value is 0.230. The predicted molar refractivity (Wildman–Crippen MR) is 88.6 cm³/mol. The summed E-state index contributed by atoms with van der Waals surface area (Å²) in [5.74, 6) is 1.27. The largest absolute Gasteiger partial charge is 0.381 e. The van der Waals surface area contributed by atoms with E-state index in [2.05, 4.69) is 49.7 Å². The Bertz CT molecular complexity index is 301. The fourth-order valence-electron chi connectivity index (χ4n) is 3.08. The quantitative estimate of drug-likeness (QED) is 0.843. The van der Waals surface area contributed by atoms with E-state index in [1.165, 1.54) is 38.2 Å². The van der Waals surface area contributed by atoms with Gasteiger partial charge in [0, 0.05) is 48.2 Å². The van der Waals surface area contributed by atoms with Crippen LogP contribution in [0.1, 0.15) is 40.5 Å². The van der Waals surface area contributed by atoms with Crippen molar-refractivity contribution in [2.45, 2.75) is 51.3 Å². The van der Waals surface area contributed by atoms with Crippen molar-refractivity contribution in [3.05, 3.63) is 0 Å². The Kier molecular flexibility index (Phi) is 5.80.